The zero-order chi connectivity index (χ0) is 11.4. The SMILES string of the molecule is CCCCSc1ccc2c(c1)CCCC2=O. The Morgan fingerprint density at radius 1 is 1.31 bits per heavy atom. The van der Waals surface area contributed by atoms with Gasteiger partial charge in [-0.1, -0.05) is 19.4 Å². The van der Waals surface area contributed by atoms with Crippen LogP contribution in [0.25, 0.3) is 0 Å². The van der Waals surface area contributed by atoms with Crippen molar-refractivity contribution in [2.75, 3.05) is 5.75 Å². The van der Waals surface area contributed by atoms with Crippen LogP contribution in [0.5, 0.6) is 0 Å². The first-order valence-electron chi connectivity index (χ1n) is 6.10. The van der Waals surface area contributed by atoms with E-state index in [4.69, 9.17) is 0 Å². The van der Waals surface area contributed by atoms with Gasteiger partial charge in [0.15, 0.2) is 5.78 Å². The first-order valence-corrected chi connectivity index (χ1v) is 7.08. The molecule has 0 aromatic heterocycles. The Bertz CT molecular complexity index is 384. The van der Waals surface area contributed by atoms with Crippen molar-refractivity contribution in [2.24, 2.45) is 0 Å². The normalized spacial score (nSPS) is 14.9. The smallest absolute Gasteiger partial charge is 0.163 e. The monoisotopic (exact) mass is 234 g/mol. The number of hydrogen-bond acceptors (Lipinski definition) is 2. The molecule has 0 unspecified atom stereocenters. The van der Waals surface area contributed by atoms with Gasteiger partial charge in [-0.05, 0) is 42.7 Å². The topological polar surface area (TPSA) is 17.1 Å². The van der Waals surface area contributed by atoms with E-state index in [2.05, 4.69) is 19.1 Å². The van der Waals surface area contributed by atoms with Gasteiger partial charge >= 0.3 is 0 Å². The lowest BCUT2D eigenvalue weighted by Crippen LogP contribution is -2.10. The van der Waals surface area contributed by atoms with Gasteiger partial charge in [-0.25, -0.2) is 0 Å². The Morgan fingerprint density at radius 2 is 2.19 bits per heavy atom. The van der Waals surface area contributed by atoms with Gasteiger partial charge in [0.1, 0.15) is 0 Å². The van der Waals surface area contributed by atoms with Crippen LogP contribution in [-0.2, 0) is 6.42 Å². The summed E-state index contributed by atoms with van der Waals surface area (Å²) in [4.78, 5) is 13.0. The van der Waals surface area contributed by atoms with Gasteiger partial charge < -0.3 is 0 Å². The molecule has 1 aliphatic carbocycles. The molecule has 86 valence electrons. The van der Waals surface area contributed by atoms with E-state index >= 15 is 0 Å². The highest BCUT2D eigenvalue weighted by atomic mass is 32.2. The maximum atomic E-state index is 11.7. The molecule has 0 bridgehead atoms. The third-order valence-electron chi connectivity index (χ3n) is 2.99. The van der Waals surface area contributed by atoms with Gasteiger partial charge in [0.2, 0.25) is 0 Å². The molecule has 0 spiro atoms. The number of carbonyl (C=O) groups excluding carboxylic acids is 1. The third kappa shape index (κ3) is 2.67. The van der Waals surface area contributed by atoms with Crippen molar-refractivity contribution in [3.63, 3.8) is 0 Å². The van der Waals surface area contributed by atoms with Gasteiger partial charge in [0, 0.05) is 16.9 Å². The molecular weight excluding hydrogens is 216 g/mol. The maximum Gasteiger partial charge on any atom is 0.163 e. The minimum atomic E-state index is 0.325. The fourth-order valence-corrected chi connectivity index (χ4v) is 3.11. The molecule has 0 heterocycles. The van der Waals surface area contributed by atoms with E-state index in [1.165, 1.54) is 29.1 Å². The van der Waals surface area contributed by atoms with Gasteiger partial charge in [-0.15, -0.1) is 11.8 Å². The van der Waals surface area contributed by atoms with Crippen LogP contribution in [0.2, 0.25) is 0 Å². The molecule has 1 nitrogen and oxygen atoms in total. The summed E-state index contributed by atoms with van der Waals surface area (Å²) in [6, 6.07) is 6.33. The number of fused-ring (bicyclic) bond motifs is 1. The predicted molar refractivity (Wildman–Crippen MR) is 69.3 cm³/mol. The number of hydrogen-bond donors (Lipinski definition) is 0. The number of thioether (sulfide) groups is 1. The second-order valence-corrected chi connectivity index (χ2v) is 5.47. The molecule has 2 heteroatoms. The van der Waals surface area contributed by atoms with Gasteiger partial charge in [0.25, 0.3) is 0 Å². The van der Waals surface area contributed by atoms with Crippen LogP contribution < -0.4 is 0 Å². The van der Waals surface area contributed by atoms with Crippen molar-refractivity contribution < 1.29 is 4.79 Å². The molecule has 1 aromatic rings. The van der Waals surface area contributed by atoms with Crippen molar-refractivity contribution >= 4 is 17.5 Å². The Balaban J connectivity index is 2.09. The fourth-order valence-electron chi connectivity index (χ4n) is 2.05. The molecule has 0 amide bonds. The average molecular weight is 234 g/mol. The number of unbranched alkanes of at least 4 members (excludes halogenated alkanes) is 1. The van der Waals surface area contributed by atoms with E-state index < -0.39 is 0 Å². The van der Waals surface area contributed by atoms with Crippen LogP contribution in [0.15, 0.2) is 23.1 Å². The second-order valence-electron chi connectivity index (χ2n) is 4.30. The van der Waals surface area contributed by atoms with Crippen molar-refractivity contribution in [1.29, 1.82) is 0 Å². The van der Waals surface area contributed by atoms with Crippen LogP contribution in [-0.4, -0.2) is 11.5 Å². The molecular formula is C14H18OS. The van der Waals surface area contributed by atoms with E-state index in [0.717, 1.165) is 24.8 Å². The lowest BCUT2D eigenvalue weighted by Gasteiger charge is -2.15. The minimum Gasteiger partial charge on any atom is -0.294 e. The summed E-state index contributed by atoms with van der Waals surface area (Å²) in [5, 5.41) is 0. The molecule has 1 aliphatic rings. The minimum absolute atomic E-state index is 0.325. The standard InChI is InChI=1S/C14H18OS/c1-2-3-9-16-12-7-8-13-11(10-12)5-4-6-14(13)15/h7-8,10H,2-6,9H2,1H3. The molecule has 0 aliphatic heterocycles. The quantitative estimate of drug-likeness (QED) is 0.576. The highest BCUT2D eigenvalue weighted by molar-refractivity contribution is 7.99. The molecule has 16 heavy (non-hydrogen) atoms. The van der Waals surface area contributed by atoms with Crippen LogP contribution in [0.3, 0.4) is 0 Å². The molecule has 2 rings (SSSR count). The number of carbonyl (C=O) groups is 1. The molecule has 0 N–H and O–H groups in total. The fraction of sp³-hybridized carbons (Fsp3) is 0.500. The number of rotatable bonds is 4. The summed E-state index contributed by atoms with van der Waals surface area (Å²) in [6.07, 6.45) is 5.34. The summed E-state index contributed by atoms with van der Waals surface area (Å²) >= 11 is 1.91. The zero-order valence-electron chi connectivity index (χ0n) is 9.79. The van der Waals surface area contributed by atoms with Crippen LogP contribution in [0.4, 0.5) is 0 Å². The highest BCUT2D eigenvalue weighted by Crippen LogP contribution is 2.27. The Morgan fingerprint density at radius 3 is 3.00 bits per heavy atom. The average Bonchev–Trinajstić information content (AvgIpc) is 2.30. The summed E-state index contributed by atoms with van der Waals surface area (Å²) < 4.78 is 0. The number of Topliss-reactive ketones (excluding diaryl/α,β-unsaturated/α-hetero) is 1. The van der Waals surface area contributed by atoms with Gasteiger partial charge in [-0.3, -0.25) is 4.79 Å². The summed E-state index contributed by atoms with van der Waals surface area (Å²) in [5.74, 6) is 1.51. The molecule has 0 saturated heterocycles. The van der Waals surface area contributed by atoms with E-state index in [-0.39, 0.29) is 0 Å². The van der Waals surface area contributed by atoms with Crippen molar-refractivity contribution in [3.05, 3.63) is 29.3 Å². The highest BCUT2D eigenvalue weighted by Gasteiger charge is 2.16. The first-order chi connectivity index (χ1) is 7.81. The molecule has 0 saturated carbocycles. The van der Waals surface area contributed by atoms with E-state index in [1.54, 1.807) is 0 Å². The summed E-state index contributed by atoms with van der Waals surface area (Å²) in [6.45, 7) is 2.21. The van der Waals surface area contributed by atoms with E-state index in [0.29, 0.717) is 5.78 Å². The van der Waals surface area contributed by atoms with E-state index in [9.17, 15) is 4.79 Å². The Kier molecular flexibility index (Phi) is 4.05. The van der Waals surface area contributed by atoms with Crippen molar-refractivity contribution in [3.8, 4) is 0 Å². The van der Waals surface area contributed by atoms with Crippen LogP contribution >= 0.6 is 11.8 Å². The lowest BCUT2D eigenvalue weighted by molar-refractivity contribution is 0.0972. The predicted octanol–water partition coefficient (Wildman–Crippen LogP) is 4.10. The maximum absolute atomic E-state index is 11.7. The zero-order valence-corrected chi connectivity index (χ0v) is 10.6. The summed E-state index contributed by atoms with van der Waals surface area (Å²) in [7, 11) is 0. The van der Waals surface area contributed by atoms with E-state index in [1.807, 2.05) is 17.8 Å². The van der Waals surface area contributed by atoms with Gasteiger partial charge in [0.05, 0.1) is 0 Å². The van der Waals surface area contributed by atoms with Crippen molar-refractivity contribution in [1.82, 2.24) is 0 Å². The number of ketones is 1. The molecule has 0 fully saturated rings. The van der Waals surface area contributed by atoms with Crippen molar-refractivity contribution in [2.45, 2.75) is 43.9 Å². The number of benzene rings is 1. The molecule has 0 radical (unpaired) electrons. The van der Waals surface area contributed by atoms with Gasteiger partial charge in [-0.2, -0.15) is 0 Å². The Labute approximate surface area is 102 Å². The largest absolute Gasteiger partial charge is 0.294 e. The molecule has 0 atom stereocenters. The third-order valence-corrected chi connectivity index (χ3v) is 4.07. The first kappa shape index (κ1) is 11.7. The second kappa shape index (κ2) is 5.53. The number of aryl methyl sites for hydroxylation is 1. The molecule has 1 aromatic carbocycles. The van der Waals surface area contributed by atoms with Crippen LogP contribution in [0, 0.1) is 0 Å². The Hall–Kier alpha value is -0.760. The summed E-state index contributed by atoms with van der Waals surface area (Å²) in [5.41, 5.74) is 2.23. The lowest BCUT2D eigenvalue weighted by atomic mass is 9.91. The van der Waals surface area contributed by atoms with Crippen LogP contribution in [0.1, 0.15) is 48.5 Å².